The average molecular weight is 207 g/mol. The van der Waals surface area contributed by atoms with E-state index in [-0.39, 0.29) is 22.8 Å². The molecule has 0 N–H and O–H groups in total. The number of allylic oxidation sites excluding steroid dienone is 6. The summed E-state index contributed by atoms with van der Waals surface area (Å²) < 4.78 is 0. The van der Waals surface area contributed by atoms with Gasteiger partial charge in [0.1, 0.15) is 0 Å². The van der Waals surface area contributed by atoms with Gasteiger partial charge in [-0.3, -0.25) is 19.7 Å². The van der Waals surface area contributed by atoms with Gasteiger partial charge in [0, 0.05) is 24.1 Å². The number of ketones is 2. The Morgan fingerprint density at radius 2 is 1.93 bits per heavy atom. The maximum atomic E-state index is 11.3. The minimum atomic E-state index is -0.607. The van der Waals surface area contributed by atoms with Gasteiger partial charge in [-0.2, -0.15) is 0 Å². The molecule has 0 spiro atoms. The highest BCUT2D eigenvalue weighted by molar-refractivity contribution is 6.20. The van der Waals surface area contributed by atoms with Crippen LogP contribution < -0.4 is 0 Å². The van der Waals surface area contributed by atoms with Crippen molar-refractivity contribution in [3.05, 3.63) is 45.2 Å². The minimum Gasteiger partial charge on any atom is -0.290 e. The molecule has 0 saturated carbocycles. The van der Waals surface area contributed by atoms with Gasteiger partial charge in [0.25, 0.3) is 0 Å². The van der Waals surface area contributed by atoms with Gasteiger partial charge in [0.05, 0.1) is 4.92 Å². The van der Waals surface area contributed by atoms with Crippen LogP contribution in [0.2, 0.25) is 0 Å². The Morgan fingerprint density at radius 3 is 2.47 bits per heavy atom. The quantitative estimate of drug-likeness (QED) is 0.387. The van der Waals surface area contributed by atoms with E-state index in [4.69, 9.17) is 0 Å². The molecule has 0 bridgehead atoms. The maximum Gasteiger partial charge on any atom is 0.243 e. The second kappa shape index (κ2) is 4.00. The number of carbonyl (C=O) groups excluding carboxylic acids is 2. The first-order valence-corrected chi connectivity index (χ1v) is 4.23. The molecule has 78 valence electrons. The highest BCUT2D eigenvalue weighted by Gasteiger charge is 2.17. The molecule has 0 atom stereocenters. The first kappa shape index (κ1) is 11.0. The summed E-state index contributed by atoms with van der Waals surface area (Å²) in [6.07, 6.45) is 3.40. The van der Waals surface area contributed by atoms with E-state index in [1.165, 1.54) is 19.9 Å². The Labute approximate surface area is 85.9 Å². The van der Waals surface area contributed by atoms with Gasteiger partial charge >= 0.3 is 0 Å². The molecular formula is C10H9NO4. The minimum absolute atomic E-state index is 0.0554. The van der Waals surface area contributed by atoms with E-state index in [0.29, 0.717) is 5.57 Å². The summed E-state index contributed by atoms with van der Waals surface area (Å²) in [6.45, 7) is 2.79. The summed E-state index contributed by atoms with van der Waals surface area (Å²) in [6, 6.07) is 0. The molecule has 0 aromatic heterocycles. The number of hydrogen-bond acceptors (Lipinski definition) is 4. The third-order valence-corrected chi connectivity index (χ3v) is 1.96. The number of nitrogens with zero attached hydrogens (tertiary/aromatic N) is 1. The molecule has 15 heavy (non-hydrogen) atoms. The number of carbonyl (C=O) groups is 2. The average Bonchev–Trinajstić information content (AvgIpc) is 2.13. The highest BCUT2D eigenvalue weighted by Crippen LogP contribution is 2.14. The molecule has 0 fully saturated rings. The van der Waals surface area contributed by atoms with E-state index >= 15 is 0 Å². The fraction of sp³-hybridized carbons (Fsp3) is 0.200. The normalized spacial score (nSPS) is 17.3. The van der Waals surface area contributed by atoms with E-state index in [1.807, 2.05) is 0 Å². The topological polar surface area (TPSA) is 77.3 Å². The van der Waals surface area contributed by atoms with Crippen LogP contribution in [-0.4, -0.2) is 16.5 Å². The molecule has 1 aliphatic carbocycles. The summed E-state index contributed by atoms with van der Waals surface area (Å²) >= 11 is 0. The number of nitro groups is 1. The van der Waals surface area contributed by atoms with E-state index in [1.54, 1.807) is 0 Å². The second-order valence-electron chi connectivity index (χ2n) is 3.20. The lowest BCUT2D eigenvalue weighted by Crippen LogP contribution is -2.11. The van der Waals surface area contributed by atoms with Crippen molar-refractivity contribution in [2.24, 2.45) is 0 Å². The SMILES string of the molecule is CC1=CC(=O)C(C=C(C)[N+](=O)[O-])=CC1=O. The molecular weight excluding hydrogens is 198 g/mol. The predicted octanol–water partition coefficient (Wildman–Crippen LogP) is 1.19. The van der Waals surface area contributed by atoms with Crippen molar-refractivity contribution in [1.82, 2.24) is 0 Å². The molecule has 1 rings (SSSR count). The molecule has 0 aliphatic heterocycles. The van der Waals surface area contributed by atoms with E-state index < -0.39 is 4.92 Å². The van der Waals surface area contributed by atoms with Crippen LogP contribution in [0.1, 0.15) is 13.8 Å². The number of rotatable bonds is 2. The molecule has 1 aliphatic rings. The van der Waals surface area contributed by atoms with Crippen molar-refractivity contribution < 1.29 is 14.5 Å². The summed E-state index contributed by atoms with van der Waals surface area (Å²) in [7, 11) is 0. The monoisotopic (exact) mass is 207 g/mol. The molecule has 0 aromatic rings. The Kier molecular flexibility index (Phi) is 2.94. The molecule has 5 nitrogen and oxygen atoms in total. The first-order valence-electron chi connectivity index (χ1n) is 4.23. The second-order valence-corrected chi connectivity index (χ2v) is 3.20. The fourth-order valence-electron chi connectivity index (χ4n) is 1.07. The molecule has 0 amide bonds. The Balaban J connectivity index is 3.05. The lowest BCUT2D eigenvalue weighted by Gasteiger charge is -2.04. The first-order chi connectivity index (χ1) is 6.91. The van der Waals surface area contributed by atoms with Crippen LogP contribution in [0.15, 0.2) is 35.1 Å². The van der Waals surface area contributed by atoms with Gasteiger partial charge in [-0.05, 0) is 19.1 Å². The van der Waals surface area contributed by atoms with Crippen molar-refractivity contribution in [1.29, 1.82) is 0 Å². The zero-order valence-corrected chi connectivity index (χ0v) is 8.31. The van der Waals surface area contributed by atoms with Crippen LogP contribution in [-0.2, 0) is 9.59 Å². The maximum absolute atomic E-state index is 11.3. The molecule has 0 heterocycles. The molecule has 5 heteroatoms. The third kappa shape index (κ3) is 2.46. The van der Waals surface area contributed by atoms with Gasteiger partial charge in [-0.1, -0.05) is 0 Å². The summed E-state index contributed by atoms with van der Waals surface area (Å²) in [5.41, 5.74) is 0.228. The van der Waals surface area contributed by atoms with Crippen LogP contribution >= 0.6 is 0 Å². The Hall–Kier alpha value is -2.04. The Morgan fingerprint density at radius 1 is 1.33 bits per heavy atom. The molecule has 0 unspecified atom stereocenters. The summed E-state index contributed by atoms with van der Waals surface area (Å²) in [4.78, 5) is 32.3. The zero-order valence-electron chi connectivity index (χ0n) is 8.31. The largest absolute Gasteiger partial charge is 0.290 e. The summed E-state index contributed by atoms with van der Waals surface area (Å²) in [5, 5.41) is 10.3. The van der Waals surface area contributed by atoms with Crippen LogP contribution in [0.5, 0.6) is 0 Å². The lowest BCUT2D eigenvalue weighted by atomic mass is 9.97. The molecule has 0 radical (unpaired) electrons. The number of hydrogen-bond donors (Lipinski definition) is 0. The molecule has 0 saturated heterocycles. The van der Waals surface area contributed by atoms with Crippen molar-refractivity contribution in [3.8, 4) is 0 Å². The van der Waals surface area contributed by atoms with Crippen LogP contribution in [0, 0.1) is 10.1 Å². The van der Waals surface area contributed by atoms with Crippen molar-refractivity contribution >= 4 is 11.6 Å². The van der Waals surface area contributed by atoms with Gasteiger partial charge in [0.15, 0.2) is 11.6 Å². The van der Waals surface area contributed by atoms with E-state index in [0.717, 1.165) is 12.2 Å². The van der Waals surface area contributed by atoms with Crippen LogP contribution in [0.3, 0.4) is 0 Å². The molecule has 0 aromatic carbocycles. The fourth-order valence-corrected chi connectivity index (χ4v) is 1.07. The van der Waals surface area contributed by atoms with E-state index in [9.17, 15) is 19.7 Å². The summed E-state index contributed by atoms with van der Waals surface area (Å²) in [5.74, 6) is -0.676. The van der Waals surface area contributed by atoms with Crippen molar-refractivity contribution in [3.63, 3.8) is 0 Å². The van der Waals surface area contributed by atoms with E-state index in [2.05, 4.69) is 0 Å². The van der Waals surface area contributed by atoms with Crippen LogP contribution in [0.25, 0.3) is 0 Å². The van der Waals surface area contributed by atoms with Crippen molar-refractivity contribution in [2.75, 3.05) is 0 Å². The van der Waals surface area contributed by atoms with Gasteiger partial charge in [-0.15, -0.1) is 0 Å². The van der Waals surface area contributed by atoms with Gasteiger partial charge < -0.3 is 0 Å². The van der Waals surface area contributed by atoms with Crippen molar-refractivity contribution in [2.45, 2.75) is 13.8 Å². The van der Waals surface area contributed by atoms with Gasteiger partial charge in [-0.25, -0.2) is 0 Å². The Bertz CT molecular complexity index is 440. The van der Waals surface area contributed by atoms with Crippen LogP contribution in [0.4, 0.5) is 0 Å². The predicted molar refractivity (Wildman–Crippen MR) is 52.6 cm³/mol. The zero-order chi connectivity index (χ0) is 11.6. The third-order valence-electron chi connectivity index (χ3n) is 1.96. The standard InChI is InChI=1S/C10H9NO4/c1-6-3-10(13)8(5-9(6)12)4-7(2)11(14)15/h3-5H,1-2H3. The highest BCUT2D eigenvalue weighted by atomic mass is 16.6. The lowest BCUT2D eigenvalue weighted by molar-refractivity contribution is -0.424. The van der Waals surface area contributed by atoms with Gasteiger partial charge in [0.2, 0.25) is 5.70 Å². The smallest absolute Gasteiger partial charge is 0.243 e.